The highest BCUT2D eigenvalue weighted by molar-refractivity contribution is 6.27. The minimum absolute atomic E-state index is 0.337. The lowest BCUT2D eigenvalue weighted by atomic mass is 9.97. The third-order valence-electron chi connectivity index (χ3n) is 3.91. The summed E-state index contributed by atoms with van der Waals surface area (Å²) < 4.78 is 0. The van der Waals surface area contributed by atoms with Gasteiger partial charge in [0.05, 0.1) is 11.6 Å². The van der Waals surface area contributed by atoms with Gasteiger partial charge in [-0.05, 0) is 56.7 Å². The van der Waals surface area contributed by atoms with Gasteiger partial charge >= 0.3 is 0 Å². The highest BCUT2D eigenvalue weighted by Crippen LogP contribution is 2.24. The molecule has 2 rings (SSSR count). The quantitative estimate of drug-likeness (QED) is 0.493. The molecule has 0 radical (unpaired) electrons. The van der Waals surface area contributed by atoms with Gasteiger partial charge in [0, 0.05) is 18.8 Å². The first-order valence-corrected chi connectivity index (χ1v) is 7.38. The molecule has 1 atom stereocenters. The Morgan fingerprint density at radius 2 is 1.91 bits per heavy atom. The predicted molar refractivity (Wildman–Crippen MR) is 87.4 cm³/mol. The standard InChI is InChI=1S/C17H23N3O2/c1-11-5-12(2)7-14(6-11)19-18-13(3)15-8-20(4)9-16(15)17(22)10-21/h5-7,10,16,18-19H,8-9H2,1-4H3. The maximum atomic E-state index is 11.8. The van der Waals surface area contributed by atoms with E-state index in [-0.39, 0.29) is 11.7 Å². The number of nitrogens with zero attached hydrogens (tertiary/aromatic N) is 1. The fourth-order valence-corrected chi connectivity index (χ4v) is 2.90. The molecule has 5 heteroatoms. The number of likely N-dealkylation sites (N-methyl/N-ethyl adjacent to an activating group) is 1. The number of hydrogen-bond donors (Lipinski definition) is 2. The third kappa shape index (κ3) is 3.74. The molecule has 0 aliphatic carbocycles. The number of nitrogens with one attached hydrogen (secondary N) is 2. The number of ketones is 1. The van der Waals surface area contributed by atoms with E-state index in [1.807, 2.05) is 44.9 Å². The van der Waals surface area contributed by atoms with Gasteiger partial charge in [-0.25, -0.2) is 0 Å². The minimum atomic E-state index is -0.355. The van der Waals surface area contributed by atoms with E-state index in [0.29, 0.717) is 19.4 Å². The van der Waals surface area contributed by atoms with Gasteiger partial charge in [-0.15, -0.1) is 0 Å². The van der Waals surface area contributed by atoms with E-state index >= 15 is 0 Å². The average Bonchev–Trinajstić information content (AvgIpc) is 2.85. The first-order chi connectivity index (χ1) is 10.4. The van der Waals surface area contributed by atoms with Crippen LogP contribution in [0.1, 0.15) is 18.1 Å². The van der Waals surface area contributed by atoms with Crippen molar-refractivity contribution in [3.8, 4) is 0 Å². The molecule has 0 aromatic heterocycles. The van der Waals surface area contributed by atoms with Gasteiger partial charge in [0.1, 0.15) is 0 Å². The number of anilines is 1. The Balaban J connectivity index is 2.13. The van der Waals surface area contributed by atoms with Crippen LogP contribution in [0.15, 0.2) is 29.5 Å². The molecule has 118 valence electrons. The summed E-state index contributed by atoms with van der Waals surface area (Å²) in [5.41, 5.74) is 11.5. The number of carbonyl (C=O) groups is 2. The van der Waals surface area contributed by atoms with Gasteiger partial charge in [0.15, 0.2) is 6.29 Å². The Morgan fingerprint density at radius 1 is 1.27 bits per heavy atom. The zero-order valence-corrected chi connectivity index (χ0v) is 13.6. The lowest BCUT2D eigenvalue weighted by Gasteiger charge is -2.15. The average molecular weight is 301 g/mol. The highest BCUT2D eigenvalue weighted by atomic mass is 16.2. The number of allylic oxidation sites excluding steroid dienone is 1. The zero-order valence-electron chi connectivity index (χ0n) is 13.6. The van der Waals surface area contributed by atoms with Gasteiger partial charge < -0.3 is 15.8 Å². The highest BCUT2D eigenvalue weighted by Gasteiger charge is 2.32. The maximum Gasteiger partial charge on any atom is 0.203 e. The van der Waals surface area contributed by atoms with E-state index < -0.39 is 0 Å². The van der Waals surface area contributed by atoms with E-state index in [1.165, 1.54) is 11.1 Å². The summed E-state index contributed by atoms with van der Waals surface area (Å²) in [6.07, 6.45) is 0.425. The van der Waals surface area contributed by atoms with Crippen molar-refractivity contribution in [2.75, 3.05) is 25.6 Å². The number of carbonyl (C=O) groups excluding carboxylic acids is 2. The van der Waals surface area contributed by atoms with Gasteiger partial charge in [0.2, 0.25) is 5.78 Å². The molecule has 0 amide bonds. The van der Waals surface area contributed by atoms with E-state index in [2.05, 4.69) is 16.9 Å². The van der Waals surface area contributed by atoms with Crippen molar-refractivity contribution in [2.45, 2.75) is 20.8 Å². The van der Waals surface area contributed by atoms with Crippen molar-refractivity contribution in [1.29, 1.82) is 0 Å². The van der Waals surface area contributed by atoms with E-state index in [4.69, 9.17) is 0 Å². The summed E-state index contributed by atoms with van der Waals surface area (Å²) in [6.45, 7) is 7.31. The molecule has 5 nitrogen and oxygen atoms in total. The second-order valence-corrected chi connectivity index (χ2v) is 6.05. The number of aryl methyl sites for hydroxylation is 2. The van der Waals surface area contributed by atoms with Crippen molar-refractivity contribution in [3.63, 3.8) is 0 Å². The Bertz CT molecular complexity index is 602. The molecule has 0 spiro atoms. The number of benzene rings is 1. The Kier molecular flexibility index (Phi) is 4.98. The summed E-state index contributed by atoms with van der Waals surface area (Å²) in [5, 5.41) is 0. The molecular weight excluding hydrogens is 278 g/mol. The largest absolute Gasteiger partial charge is 0.305 e. The first-order valence-electron chi connectivity index (χ1n) is 7.38. The number of rotatable bonds is 5. The van der Waals surface area contributed by atoms with Crippen LogP contribution >= 0.6 is 0 Å². The monoisotopic (exact) mass is 301 g/mol. The van der Waals surface area contributed by atoms with Crippen molar-refractivity contribution in [1.82, 2.24) is 10.3 Å². The Hall–Kier alpha value is -2.14. The summed E-state index contributed by atoms with van der Waals surface area (Å²) in [4.78, 5) is 24.6. The number of Topliss-reactive ketones (excluding diaryl/α,β-unsaturated/α-hetero) is 1. The maximum absolute atomic E-state index is 11.8. The zero-order chi connectivity index (χ0) is 16.3. The number of aldehydes is 1. The number of likely N-dealkylation sites (tertiary alicyclic amines) is 1. The van der Waals surface area contributed by atoms with Gasteiger partial charge in [-0.2, -0.15) is 0 Å². The van der Waals surface area contributed by atoms with Crippen LogP contribution in [0.25, 0.3) is 0 Å². The molecule has 1 saturated heterocycles. The fraction of sp³-hybridized carbons (Fsp3) is 0.412. The first kappa shape index (κ1) is 16.2. The van der Waals surface area contributed by atoms with Crippen molar-refractivity contribution in [2.24, 2.45) is 5.92 Å². The van der Waals surface area contributed by atoms with Gasteiger partial charge in [-0.3, -0.25) is 9.59 Å². The SMILES string of the molecule is CC(NNc1cc(C)cc(C)c1)=C1CN(C)CC1C(=O)C=O. The normalized spacial score (nSPS) is 20.6. The Morgan fingerprint density at radius 3 is 2.50 bits per heavy atom. The topological polar surface area (TPSA) is 61.4 Å². The van der Waals surface area contributed by atoms with Crippen molar-refractivity contribution in [3.05, 3.63) is 40.6 Å². The van der Waals surface area contributed by atoms with Crippen LogP contribution in [-0.4, -0.2) is 37.1 Å². The second-order valence-electron chi connectivity index (χ2n) is 6.05. The van der Waals surface area contributed by atoms with E-state index in [1.54, 1.807) is 0 Å². The summed E-state index contributed by atoms with van der Waals surface area (Å²) in [5.74, 6) is -0.692. The van der Waals surface area contributed by atoms with E-state index in [0.717, 1.165) is 17.0 Å². The lowest BCUT2D eigenvalue weighted by molar-refractivity contribution is -0.131. The smallest absolute Gasteiger partial charge is 0.203 e. The third-order valence-corrected chi connectivity index (χ3v) is 3.91. The molecule has 1 aliphatic heterocycles. The second kappa shape index (κ2) is 6.75. The van der Waals surface area contributed by atoms with Crippen LogP contribution in [0.5, 0.6) is 0 Å². The van der Waals surface area contributed by atoms with Crippen molar-refractivity contribution < 1.29 is 9.59 Å². The molecule has 1 aliphatic rings. The fourth-order valence-electron chi connectivity index (χ4n) is 2.90. The van der Waals surface area contributed by atoms with Crippen LogP contribution < -0.4 is 10.9 Å². The van der Waals surface area contributed by atoms with Crippen LogP contribution in [0, 0.1) is 19.8 Å². The van der Waals surface area contributed by atoms with Crippen LogP contribution in [0.4, 0.5) is 5.69 Å². The van der Waals surface area contributed by atoms with Gasteiger partial charge in [-0.1, -0.05) is 6.07 Å². The number of hydrogen-bond acceptors (Lipinski definition) is 5. The summed E-state index contributed by atoms with van der Waals surface area (Å²) in [7, 11) is 1.95. The molecule has 0 saturated carbocycles. The summed E-state index contributed by atoms with van der Waals surface area (Å²) in [6, 6.07) is 6.21. The molecule has 2 N–H and O–H groups in total. The lowest BCUT2D eigenvalue weighted by Crippen LogP contribution is -2.25. The molecule has 0 bridgehead atoms. The Labute approximate surface area is 131 Å². The molecular formula is C17H23N3O2. The molecule has 22 heavy (non-hydrogen) atoms. The number of hydrazine groups is 1. The van der Waals surface area contributed by atoms with Crippen molar-refractivity contribution >= 4 is 17.8 Å². The molecule has 1 heterocycles. The van der Waals surface area contributed by atoms with Crippen LogP contribution in [0.3, 0.4) is 0 Å². The molecule has 1 fully saturated rings. The minimum Gasteiger partial charge on any atom is -0.305 e. The van der Waals surface area contributed by atoms with Crippen LogP contribution in [-0.2, 0) is 9.59 Å². The van der Waals surface area contributed by atoms with E-state index in [9.17, 15) is 9.59 Å². The predicted octanol–water partition coefficient (Wildman–Crippen LogP) is 1.82. The summed E-state index contributed by atoms with van der Waals surface area (Å²) >= 11 is 0. The molecule has 1 unspecified atom stereocenters. The molecule has 1 aromatic carbocycles. The van der Waals surface area contributed by atoms with Crippen LogP contribution in [0.2, 0.25) is 0 Å². The van der Waals surface area contributed by atoms with Gasteiger partial charge in [0.25, 0.3) is 0 Å². The molecule has 1 aromatic rings.